The quantitative estimate of drug-likeness (QED) is 0.360. The smallest absolute Gasteiger partial charge is 0.249 e. The van der Waals surface area contributed by atoms with E-state index in [1.807, 2.05) is 0 Å². The highest BCUT2D eigenvalue weighted by molar-refractivity contribution is 5.76. The van der Waals surface area contributed by atoms with Gasteiger partial charge in [0, 0.05) is 6.42 Å². The van der Waals surface area contributed by atoms with Crippen LogP contribution >= 0.6 is 0 Å². The molecule has 3 heteroatoms. The van der Waals surface area contributed by atoms with E-state index in [1.54, 1.807) is 0 Å². The van der Waals surface area contributed by atoms with Gasteiger partial charge in [0.25, 0.3) is 0 Å². The normalized spacial score (nSPS) is 8.50. The number of hydrogen-bond donors (Lipinski definition) is 1. The third kappa shape index (κ3) is 3.04. The summed E-state index contributed by atoms with van der Waals surface area (Å²) in [5.41, 5.74) is 0. The van der Waals surface area contributed by atoms with Crippen LogP contribution in [0.3, 0.4) is 0 Å². The van der Waals surface area contributed by atoms with E-state index >= 15 is 0 Å². The molecule has 1 N–H and O–H groups in total. The van der Waals surface area contributed by atoms with E-state index in [4.69, 9.17) is 5.21 Å². The minimum Gasteiger partial charge on any atom is -0.286 e. The molecule has 0 aromatic heterocycles. The maximum atomic E-state index is 10.7. The molecule has 0 saturated heterocycles. The zero-order chi connectivity index (χ0) is 7.98. The molecule has 0 aliphatic carbocycles. The van der Waals surface area contributed by atoms with E-state index < -0.39 is 0 Å². The predicted molar refractivity (Wildman–Crippen MR) is 38.5 cm³/mol. The first-order valence-electron chi connectivity index (χ1n) is 2.93. The number of hydrogen-bond acceptors (Lipinski definition) is 2. The van der Waals surface area contributed by atoms with Crippen LogP contribution < -0.4 is 0 Å². The zero-order valence-corrected chi connectivity index (χ0v) is 5.79. The van der Waals surface area contributed by atoms with E-state index in [2.05, 4.69) is 13.2 Å². The molecule has 56 valence electrons. The first kappa shape index (κ1) is 8.91. The summed E-state index contributed by atoms with van der Waals surface area (Å²) < 4.78 is 0. The highest BCUT2D eigenvalue weighted by atomic mass is 16.5. The molecule has 0 unspecified atom stereocenters. The Balaban J connectivity index is 3.68. The maximum absolute atomic E-state index is 10.7. The fourth-order valence-corrected chi connectivity index (χ4v) is 0.453. The molecule has 0 aliphatic rings. The standard InChI is InChI=1S/C7H11NO2/c1-3-5-7(9)8(10)6-4-2/h3-4,10H,1-2,5-6H2. The molecule has 0 rings (SSSR count). The second-order valence-corrected chi connectivity index (χ2v) is 1.76. The van der Waals surface area contributed by atoms with Crippen LogP contribution in [-0.4, -0.2) is 22.7 Å². The van der Waals surface area contributed by atoms with Crippen molar-refractivity contribution in [2.45, 2.75) is 6.42 Å². The Labute approximate surface area is 60.2 Å². The Bertz CT molecular complexity index is 143. The van der Waals surface area contributed by atoms with Crippen molar-refractivity contribution in [1.82, 2.24) is 5.06 Å². The van der Waals surface area contributed by atoms with Gasteiger partial charge in [0.15, 0.2) is 0 Å². The van der Waals surface area contributed by atoms with Crippen LogP contribution in [-0.2, 0) is 4.79 Å². The molecule has 0 aliphatic heterocycles. The van der Waals surface area contributed by atoms with Gasteiger partial charge >= 0.3 is 0 Å². The van der Waals surface area contributed by atoms with Gasteiger partial charge in [-0.25, -0.2) is 5.06 Å². The Morgan fingerprint density at radius 1 is 1.50 bits per heavy atom. The average Bonchev–Trinajstić information content (AvgIpc) is 1.89. The minimum atomic E-state index is -0.366. The average molecular weight is 141 g/mol. The molecule has 0 radical (unpaired) electrons. The van der Waals surface area contributed by atoms with Gasteiger partial charge in [-0.1, -0.05) is 12.2 Å². The lowest BCUT2D eigenvalue weighted by molar-refractivity contribution is -0.161. The summed E-state index contributed by atoms with van der Waals surface area (Å²) in [6.07, 6.45) is 3.04. The molecule has 0 saturated carbocycles. The lowest BCUT2D eigenvalue weighted by atomic mass is 10.4. The monoisotopic (exact) mass is 141 g/mol. The SMILES string of the molecule is C=CCC(=O)N(O)CC=C. The van der Waals surface area contributed by atoms with Crippen molar-refractivity contribution in [3.05, 3.63) is 25.3 Å². The number of nitrogens with zero attached hydrogens (tertiary/aromatic N) is 1. The first-order chi connectivity index (χ1) is 4.72. The van der Waals surface area contributed by atoms with Crippen molar-refractivity contribution in [3.8, 4) is 0 Å². The molecule has 0 bridgehead atoms. The number of rotatable bonds is 4. The summed E-state index contributed by atoms with van der Waals surface area (Å²) in [6.45, 7) is 6.88. The van der Waals surface area contributed by atoms with Gasteiger partial charge in [0.2, 0.25) is 5.91 Å². The van der Waals surface area contributed by atoms with Gasteiger partial charge in [-0.3, -0.25) is 10.0 Å². The topological polar surface area (TPSA) is 40.5 Å². The molecular formula is C7H11NO2. The molecule has 0 aromatic rings. The van der Waals surface area contributed by atoms with Crippen LogP contribution in [0.4, 0.5) is 0 Å². The zero-order valence-electron chi connectivity index (χ0n) is 5.79. The van der Waals surface area contributed by atoms with Crippen molar-refractivity contribution in [3.63, 3.8) is 0 Å². The number of amides is 1. The molecule has 1 amide bonds. The molecule has 0 heterocycles. The Hall–Kier alpha value is -1.09. The molecule has 10 heavy (non-hydrogen) atoms. The van der Waals surface area contributed by atoms with Gasteiger partial charge in [0.05, 0.1) is 6.54 Å². The van der Waals surface area contributed by atoms with Gasteiger partial charge in [-0.2, -0.15) is 0 Å². The van der Waals surface area contributed by atoms with Crippen molar-refractivity contribution < 1.29 is 10.0 Å². The van der Waals surface area contributed by atoms with Gasteiger partial charge < -0.3 is 0 Å². The van der Waals surface area contributed by atoms with Gasteiger partial charge in [-0.15, -0.1) is 13.2 Å². The number of carbonyl (C=O) groups is 1. The van der Waals surface area contributed by atoms with E-state index in [0.29, 0.717) is 5.06 Å². The summed E-state index contributed by atoms with van der Waals surface area (Å²) >= 11 is 0. The van der Waals surface area contributed by atoms with Crippen LogP contribution in [0.15, 0.2) is 25.3 Å². The van der Waals surface area contributed by atoms with Crippen LogP contribution in [0.25, 0.3) is 0 Å². The summed E-state index contributed by atoms with van der Waals surface area (Å²) in [6, 6.07) is 0. The van der Waals surface area contributed by atoms with Crippen LogP contribution in [0.5, 0.6) is 0 Å². The Morgan fingerprint density at radius 2 is 2.10 bits per heavy atom. The largest absolute Gasteiger partial charge is 0.286 e. The van der Waals surface area contributed by atoms with Gasteiger partial charge in [0.1, 0.15) is 0 Å². The van der Waals surface area contributed by atoms with E-state index in [1.165, 1.54) is 12.2 Å². The predicted octanol–water partition coefficient (Wildman–Crippen LogP) is 0.966. The van der Waals surface area contributed by atoms with Crippen molar-refractivity contribution >= 4 is 5.91 Å². The highest BCUT2D eigenvalue weighted by Gasteiger charge is 2.04. The maximum Gasteiger partial charge on any atom is 0.249 e. The Morgan fingerprint density at radius 3 is 2.50 bits per heavy atom. The molecule has 0 spiro atoms. The molecule has 3 nitrogen and oxygen atoms in total. The Kier molecular flexibility index (Phi) is 4.24. The second-order valence-electron chi connectivity index (χ2n) is 1.76. The third-order valence-corrected chi connectivity index (χ3v) is 0.909. The second kappa shape index (κ2) is 4.76. The fourth-order valence-electron chi connectivity index (χ4n) is 0.453. The molecule has 0 atom stereocenters. The number of hydroxylamine groups is 2. The first-order valence-corrected chi connectivity index (χ1v) is 2.93. The molecule has 0 fully saturated rings. The van der Waals surface area contributed by atoms with E-state index in [0.717, 1.165) is 0 Å². The summed E-state index contributed by atoms with van der Waals surface area (Å²) in [5, 5.41) is 9.42. The minimum absolute atomic E-state index is 0.157. The number of carbonyl (C=O) groups excluding carboxylic acids is 1. The lowest BCUT2D eigenvalue weighted by Crippen LogP contribution is -2.26. The van der Waals surface area contributed by atoms with Crippen LogP contribution in [0.1, 0.15) is 6.42 Å². The van der Waals surface area contributed by atoms with E-state index in [-0.39, 0.29) is 18.9 Å². The van der Waals surface area contributed by atoms with Crippen LogP contribution in [0, 0.1) is 0 Å². The van der Waals surface area contributed by atoms with Crippen molar-refractivity contribution in [1.29, 1.82) is 0 Å². The molecular weight excluding hydrogens is 130 g/mol. The van der Waals surface area contributed by atoms with E-state index in [9.17, 15) is 4.79 Å². The fraction of sp³-hybridized carbons (Fsp3) is 0.286. The lowest BCUT2D eigenvalue weighted by Gasteiger charge is -2.09. The van der Waals surface area contributed by atoms with Crippen molar-refractivity contribution in [2.24, 2.45) is 0 Å². The molecule has 0 aromatic carbocycles. The van der Waals surface area contributed by atoms with Gasteiger partial charge in [-0.05, 0) is 0 Å². The van der Waals surface area contributed by atoms with Crippen LogP contribution in [0.2, 0.25) is 0 Å². The third-order valence-electron chi connectivity index (χ3n) is 0.909. The van der Waals surface area contributed by atoms with Crippen molar-refractivity contribution in [2.75, 3.05) is 6.54 Å². The summed E-state index contributed by atoms with van der Waals surface area (Å²) in [7, 11) is 0. The summed E-state index contributed by atoms with van der Waals surface area (Å²) in [5.74, 6) is -0.366. The summed E-state index contributed by atoms with van der Waals surface area (Å²) in [4.78, 5) is 10.7. The highest BCUT2D eigenvalue weighted by Crippen LogP contribution is 1.89.